The minimum atomic E-state index is -1.78. The molecule has 1 aromatic carbocycles. The van der Waals surface area contributed by atoms with E-state index < -0.39 is 11.5 Å². The third-order valence-corrected chi connectivity index (χ3v) is 5.10. The quantitative estimate of drug-likeness (QED) is 0.616. The molecule has 25 heavy (non-hydrogen) atoms. The molecule has 1 amide bonds. The Hall–Kier alpha value is -1.39. The van der Waals surface area contributed by atoms with Crippen LogP contribution in [-0.4, -0.2) is 23.3 Å². The fourth-order valence-electron chi connectivity index (χ4n) is 3.53. The van der Waals surface area contributed by atoms with Crippen LogP contribution in [0.1, 0.15) is 70.8 Å². The van der Waals surface area contributed by atoms with Crippen molar-refractivity contribution in [3.05, 3.63) is 28.8 Å². The van der Waals surface area contributed by atoms with Gasteiger partial charge in [0.05, 0.1) is 10.7 Å². The molecule has 0 saturated carbocycles. The second-order valence-electron chi connectivity index (χ2n) is 6.95. The number of halogens is 1. The summed E-state index contributed by atoms with van der Waals surface area (Å²) in [5.41, 5.74) is -0.778. The predicted octanol–water partition coefficient (Wildman–Crippen LogP) is 4.60. The van der Waals surface area contributed by atoms with Crippen LogP contribution in [0.4, 0.5) is 5.69 Å². The molecule has 0 saturated heterocycles. The zero-order valence-corrected chi connectivity index (χ0v) is 15.9. The number of anilines is 1. The monoisotopic (exact) mass is 365 g/mol. The Kier molecular flexibility index (Phi) is 7.03. The van der Waals surface area contributed by atoms with Crippen LogP contribution in [-0.2, 0) is 15.2 Å². The summed E-state index contributed by atoms with van der Waals surface area (Å²) in [6.07, 6.45) is 7.80. The molecule has 1 unspecified atom stereocenters. The molecule has 5 heteroatoms. The van der Waals surface area contributed by atoms with E-state index in [1.807, 2.05) is 0 Å². The van der Waals surface area contributed by atoms with Crippen LogP contribution in [0, 0.1) is 0 Å². The van der Waals surface area contributed by atoms with E-state index in [0.29, 0.717) is 22.8 Å². The molecule has 1 atom stereocenters. The lowest BCUT2D eigenvalue weighted by molar-refractivity contribution is -0.141. The molecule has 1 aliphatic rings. The van der Waals surface area contributed by atoms with Crippen molar-refractivity contribution in [2.75, 3.05) is 11.4 Å². The maximum atomic E-state index is 12.8. The molecule has 0 aliphatic carbocycles. The molecule has 138 valence electrons. The first kappa shape index (κ1) is 19.9. The van der Waals surface area contributed by atoms with Gasteiger partial charge in [-0.25, -0.2) is 0 Å². The van der Waals surface area contributed by atoms with Crippen molar-refractivity contribution in [1.82, 2.24) is 0 Å². The Balaban J connectivity index is 2.07. The molecular formula is C20H28ClNO3. The number of fused-ring (bicyclic) bond motifs is 1. The van der Waals surface area contributed by atoms with Gasteiger partial charge in [0.2, 0.25) is 0 Å². The Bertz CT molecular complexity index is 631. The van der Waals surface area contributed by atoms with E-state index in [-0.39, 0.29) is 12.2 Å². The highest BCUT2D eigenvalue weighted by Crippen LogP contribution is 2.46. The fraction of sp³-hybridized carbons (Fsp3) is 0.600. The van der Waals surface area contributed by atoms with E-state index in [2.05, 4.69) is 6.92 Å². The van der Waals surface area contributed by atoms with Crippen molar-refractivity contribution < 1.29 is 14.7 Å². The van der Waals surface area contributed by atoms with Gasteiger partial charge in [-0.1, -0.05) is 69.2 Å². The van der Waals surface area contributed by atoms with Gasteiger partial charge in [0, 0.05) is 18.5 Å². The lowest BCUT2D eigenvalue weighted by Crippen LogP contribution is -2.42. The maximum Gasteiger partial charge on any atom is 0.264 e. The van der Waals surface area contributed by atoms with Crippen molar-refractivity contribution in [2.24, 2.45) is 0 Å². The summed E-state index contributed by atoms with van der Waals surface area (Å²) < 4.78 is 0. The molecule has 0 fully saturated rings. The van der Waals surface area contributed by atoms with Gasteiger partial charge in [-0.3, -0.25) is 9.59 Å². The third kappa shape index (κ3) is 4.42. The zero-order chi connectivity index (χ0) is 18.4. The largest absolute Gasteiger partial charge is 0.375 e. The van der Waals surface area contributed by atoms with Gasteiger partial charge < -0.3 is 10.0 Å². The van der Waals surface area contributed by atoms with Gasteiger partial charge >= 0.3 is 0 Å². The van der Waals surface area contributed by atoms with Gasteiger partial charge in [0.25, 0.3) is 5.91 Å². The second kappa shape index (κ2) is 8.81. The van der Waals surface area contributed by atoms with Crippen molar-refractivity contribution in [2.45, 2.75) is 70.8 Å². The van der Waals surface area contributed by atoms with Crippen LogP contribution in [0.5, 0.6) is 0 Å². The number of benzene rings is 1. The predicted molar refractivity (Wildman–Crippen MR) is 101 cm³/mol. The van der Waals surface area contributed by atoms with Crippen molar-refractivity contribution in [3.8, 4) is 0 Å². The molecule has 1 N–H and O–H groups in total. The van der Waals surface area contributed by atoms with Gasteiger partial charge in [-0.15, -0.1) is 0 Å². The summed E-state index contributed by atoms with van der Waals surface area (Å²) in [4.78, 5) is 26.0. The maximum absolute atomic E-state index is 12.8. The zero-order valence-electron chi connectivity index (χ0n) is 15.2. The number of nitrogens with zero attached hydrogens (tertiary/aromatic N) is 1. The molecule has 0 radical (unpaired) electrons. The van der Waals surface area contributed by atoms with Gasteiger partial charge in [-0.2, -0.15) is 0 Å². The van der Waals surface area contributed by atoms with Crippen LogP contribution in [0.15, 0.2) is 18.2 Å². The van der Waals surface area contributed by atoms with E-state index in [4.69, 9.17) is 11.6 Å². The van der Waals surface area contributed by atoms with E-state index in [9.17, 15) is 14.7 Å². The Morgan fingerprint density at radius 1 is 1.16 bits per heavy atom. The highest BCUT2D eigenvalue weighted by Gasteiger charge is 2.50. The normalized spacial score (nSPS) is 19.4. The first-order valence-corrected chi connectivity index (χ1v) is 9.62. The summed E-state index contributed by atoms with van der Waals surface area (Å²) in [6, 6.07) is 5.11. The fourth-order valence-corrected chi connectivity index (χ4v) is 3.81. The van der Waals surface area contributed by atoms with Crippen LogP contribution in [0.2, 0.25) is 5.02 Å². The number of unbranched alkanes of at least 4 members (excludes halogenated alkanes) is 6. The molecular weight excluding hydrogens is 338 g/mol. The SMILES string of the molecule is CCCCCCCCCN1C(=O)C(O)(CC(C)=O)c2cccc(Cl)c21. The van der Waals surface area contributed by atoms with Gasteiger partial charge in [-0.05, 0) is 19.4 Å². The molecule has 1 aromatic rings. The smallest absolute Gasteiger partial charge is 0.264 e. The number of Topliss-reactive ketones (excluding diaryl/α,β-unsaturated/α-hetero) is 1. The average Bonchev–Trinajstić information content (AvgIpc) is 2.76. The third-order valence-electron chi connectivity index (χ3n) is 4.79. The Labute approximate surface area is 155 Å². The molecule has 2 rings (SSSR count). The highest BCUT2D eigenvalue weighted by atomic mass is 35.5. The number of amides is 1. The lowest BCUT2D eigenvalue weighted by atomic mass is 9.90. The first-order valence-electron chi connectivity index (χ1n) is 9.24. The molecule has 0 aromatic heterocycles. The van der Waals surface area contributed by atoms with Gasteiger partial charge in [0.15, 0.2) is 5.60 Å². The van der Waals surface area contributed by atoms with Gasteiger partial charge in [0.1, 0.15) is 5.78 Å². The lowest BCUT2D eigenvalue weighted by Gasteiger charge is -2.22. The number of rotatable bonds is 10. The minimum Gasteiger partial charge on any atom is -0.375 e. The molecule has 1 aliphatic heterocycles. The van der Waals surface area contributed by atoms with Crippen LogP contribution < -0.4 is 4.90 Å². The molecule has 4 nitrogen and oxygen atoms in total. The number of hydrogen-bond acceptors (Lipinski definition) is 3. The Morgan fingerprint density at radius 2 is 1.80 bits per heavy atom. The number of carbonyl (C=O) groups excluding carboxylic acids is 2. The van der Waals surface area contributed by atoms with E-state index in [0.717, 1.165) is 19.3 Å². The van der Waals surface area contributed by atoms with Crippen LogP contribution in [0.3, 0.4) is 0 Å². The van der Waals surface area contributed by atoms with E-state index >= 15 is 0 Å². The molecule has 1 heterocycles. The first-order chi connectivity index (χ1) is 11.9. The number of hydrogen-bond donors (Lipinski definition) is 1. The molecule has 0 spiro atoms. The number of aliphatic hydroxyl groups is 1. The second-order valence-corrected chi connectivity index (χ2v) is 7.36. The standard InChI is InChI=1S/C20H28ClNO3/c1-3-4-5-6-7-8-9-13-22-18-16(11-10-12-17(18)21)20(25,19(22)24)14-15(2)23/h10-12,25H,3-9,13-14H2,1-2H3. The summed E-state index contributed by atoms with van der Waals surface area (Å²) >= 11 is 6.30. The van der Waals surface area contributed by atoms with Crippen molar-refractivity contribution >= 4 is 29.0 Å². The summed E-state index contributed by atoms with van der Waals surface area (Å²) in [5, 5.41) is 11.3. The number of para-hydroxylation sites is 1. The van der Waals surface area contributed by atoms with Crippen molar-refractivity contribution in [3.63, 3.8) is 0 Å². The van der Waals surface area contributed by atoms with Crippen molar-refractivity contribution in [1.29, 1.82) is 0 Å². The average molecular weight is 366 g/mol. The summed E-state index contributed by atoms with van der Waals surface area (Å²) in [7, 11) is 0. The topological polar surface area (TPSA) is 57.6 Å². The molecule has 0 bridgehead atoms. The highest BCUT2D eigenvalue weighted by molar-refractivity contribution is 6.35. The summed E-state index contributed by atoms with van der Waals surface area (Å²) in [5.74, 6) is -0.656. The summed E-state index contributed by atoms with van der Waals surface area (Å²) in [6.45, 7) is 4.10. The van der Waals surface area contributed by atoms with Crippen LogP contribution >= 0.6 is 11.6 Å². The van der Waals surface area contributed by atoms with Crippen LogP contribution in [0.25, 0.3) is 0 Å². The minimum absolute atomic E-state index is 0.216. The van der Waals surface area contributed by atoms with E-state index in [1.165, 1.54) is 32.6 Å². The number of carbonyl (C=O) groups is 2. The van der Waals surface area contributed by atoms with E-state index in [1.54, 1.807) is 23.1 Å². The Morgan fingerprint density at radius 3 is 2.44 bits per heavy atom. The number of ketones is 1.